The summed E-state index contributed by atoms with van der Waals surface area (Å²) in [5.41, 5.74) is 3.85. The third kappa shape index (κ3) is 3.57. The lowest BCUT2D eigenvalue weighted by Gasteiger charge is -2.03. The SMILES string of the molecule is CCc1c(NC(=O)/C=C\c2ccccc2)n[nH]c1-c1ccncc1. The van der Waals surface area contributed by atoms with Crippen LogP contribution in [0.15, 0.2) is 60.9 Å². The number of benzene rings is 1. The van der Waals surface area contributed by atoms with Gasteiger partial charge in [-0.3, -0.25) is 14.9 Å². The van der Waals surface area contributed by atoms with Crippen molar-refractivity contribution >= 4 is 17.8 Å². The fraction of sp³-hybridized carbons (Fsp3) is 0.105. The number of aromatic amines is 1. The molecule has 3 aromatic rings. The Morgan fingerprint density at radius 2 is 1.92 bits per heavy atom. The molecule has 0 saturated heterocycles. The van der Waals surface area contributed by atoms with Gasteiger partial charge in [0.2, 0.25) is 5.91 Å². The first-order valence-electron chi connectivity index (χ1n) is 7.79. The van der Waals surface area contributed by atoms with Crippen molar-refractivity contribution in [2.75, 3.05) is 5.32 Å². The molecule has 5 heteroatoms. The Balaban J connectivity index is 1.77. The Kier molecular flexibility index (Phi) is 4.81. The van der Waals surface area contributed by atoms with Crippen LogP contribution in [0.5, 0.6) is 0 Å². The Morgan fingerprint density at radius 1 is 1.17 bits per heavy atom. The number of anilines is 1. The molecule has 1 aromatic carbocycles. The molecule has 0 bridgehead atoms. The molecule has 2 heterocycles. The summed E-state index contributed by atoms with van der Waals surface area (Å²) in [7, 11) is 0. The van der Waals surface area contributed by atoms with Crippen LogP contribution < -0.4 is 5.32 Å². The highest BCUT2D eigenvalue weighted by Gasteiger charge is 2.14. The molecule has 24 heavy (non-hydrogen) atoms. The molecule has 0 fully saturated rings. The van der Waals surface area contributed by atoms with Crippen LogP contribution in [-0.4, -0.2) is 21.1 Å². The molecular weight excluding hydrogens is 300 g/mol. The molecule has 0 aliphatic carbocycles. The van der Waals surface area contributed by atoms with E-state index in [9.17, 15) is 4.79 Å². The predicted molar refractivity (Wildman–Crippen MR) is 95.3 cm³/mol. The van der Waals surface area contributed by atoms with E-state index in [4.69, 9.17) is 0 Å². The number of hydrogen-bond donors (Lipinski definition) is 2. The van der Waals surface area contributed by atoms with Crippen molar-refractivity contribution in [3.05, 3.63) is 72.1 Å². The molecule has 1 amide bonds. The Morgan fingerprint density at radius 3 is 2.62 bits per heavy atom. The highest BCUT2D eigenvalue weighted by atomic mass is 16.1. The highest BCUT2D eigenvalue weighted by Crippen LogP contribution is 2.26. The lowest BCUT2D eigenvalue weighted by atomic mass is 10.1. The number of aromatic nitrogens is 3. The number of carbonyl (C=O) groups is 1. The molecule has 0 radical (unpaired) electrons. The van der Waals surface area contributed by atoms with Gasteiger partial charge >= 0.3 is 0 Å². The zero-order valence-corrected chi connectivity index (χ0v) is 13.4. The van der Waals surface area contributed by atoms with E-state index in [1.54, 1.807) is 18.5 Å². The third-order valence-electron chi connectivity index (χ3n) is 3.66. The molecule has 0 aliphatic heterocycles. The van der Waals surface area contributed by atoms with Gasteiger partial charge in [0.15, 0.2) is 5.82 Å². The van der Waals surface area contributed by atoms with E-state index in [1.165, 1.54) is 6.08 Å². The van der Waals surface area contributed by atoms with Gasteiger partial charge in [0.1, 0.15) is 0 Å². The average Bonchev–Trinajstić information content (AvgIpc) is 3.04. The van der Waals surface area contributed by atoms with Crippen LogP contribution in [0.3, 0.4) is 0 Å². The van der Waals surface area contributed by atoms with E-state index in [0.717, 1.165) is 28.8 Å². The van der Waals surface area contributed by atoms with Gasteiger partial charge in [-0.25, -0.2) is 0 Å². The first-order valence-corrected chi connectivity index (χ1v) is 7.79. The Bertz CT molecular complexity index is 838. The molecule has 0 unspecified atom stereocenters. The predicted octanol–water partition coefficient (Wildman–Crippen LogP) is 3.69. The zero-order chi connectivity index (χ0) is 16.8. The molecule has 0 aliphatic rings. The smallest absolute Gasteiger partial charge is 0.249 e. The van der Waals surface area contributed by atoms with E-state index in [1.807, 2.05) is 49.4 Å². The Hall–Kier alpha value is -3.21. The molecule has 3 rings (SSSR count). The van der Waals surface area contributed by atoms with Gasteiger partial charge in [0.05, 0.1) is 5.69 Å². The third-order valence-corrected chi connectivity index (χ3v) is 3.66. The summed E-state index contributed by atoms with van der Waals surface area (Å²) in [6.07, 6.45) is 7.51. The second-order valence-corrected chi connectivity index (χ2v) is 5.25. The first kappa shape index (κ1) is 15.7. The number of rotatable bonds is 5. The number of H-pyrrole nitrogens is 1. The average molecular weight is 318 g/mol. The van der Waals surface area contributed by atoms with Gasteiger partial charge in [-0.05, 0) is 30.2 Å². The number of pyridine rings is 1. The number of hydrogen-bond acceptors (Lipinski definition) is 3. The lowest BCUT2D eigenvalue weighted by molar-refractivity contribution is -0.111. The monoisotopic (exact) mass is 318 g/mol. The summed E-state index contributed by atoms with van der Waals surface area (Å²) < 4.78 is 0. The summed E-state index contributed by atoms with van der Waals surface area (Å²) in [6.45, 7) is 2.03. The molecule has 120 valence electrons. The van der Waals surface area contributed by atoms with E-state index in [-0.39, 0.29) is 5.91 Å². The van der Waals surface area contributed by atoms with Crippen LogP contribution in [0.25, 0.3) is 17.3 Å². The van der Waals surface area contributed by atoms with Crippen LogP contribution in [0.2, 0.25) is 0 Å². The van der Waals surface area contributed by atoms with E-state index < -0.39 is 0 Å². The van der Waals surface area contributed by atoms with Gasteiger partial charge in [0.25, 0.3) is 0 Å². The summed E-state index contributed by atoms with van der Waals surface area (Å²) in [6, 6.07) is 13.5. The highest BCUT2D eigenvalue weighted by molar-refractivity contribution is 6.02. The van der Waals surface area contributed by atoms with Crippen LogP contribution >= 0.6 is 0 Å². The fourth-order valence-electron chi connectivity index (χ4n) is 2.46. The van der Waals surface area contributed by atoms with Crippen molar-refractivity contribution in [2.24, 2.45) is 0 Å². The molecule has 0 spiro atoms. The van der Waals surface area contributed by atoms with Gasteiger partial charge in [-0.15, -0.1) is 0 Å². The van der Waals surface area contributed by atoms with Gasteiger partial charge in [-0.2, -0.15) is 5.10 Å². The largest absolute Gasteiger partial charge is 0.305 e. The summed E-state index contributed by atoms with van der Waals surface area (Å²) in [4.78, 5) is 16.2. The van der Waals surface area contributed by atoms with Crippen molar-refractivity contribution in [1.82, 2.24) is 15.2 Å². The molecule has 5 nitrogen and oxygen atoms in total. The molecule has 2 N–H and O–H groups in total. The molecule has 0 atom stereocenters. The van der Waals surface area contributed by atoms with Crippen molar-refractivity contribution in [1.29, 1.82) is 0 Å². The summed E-state index contributed by atoms with van der Waals surface area (Å²) in [5, 5.41) is 10.1. The second kappa shape index (κ2) is 7.37. The number of nitrogens with one attached hydrogen (secondary N) is 2. The minimum absolute atomic E-state index is 0.207. The van der Waals surface area contributed by atoms with Crippen molar-refractivity contribution < 1.29 is 4.79 Å². The van der Waals surface area contributed by atoms with Crippen molar-refractivity contribution in [2.45, 2.75) is 13.3 Å². The molecule has 0 saturated carbocycles. The van der Waals surface area contributed by atoms with Crippen molar-refractivity contribution in [3.8, 4) is 11.3 Å². The lowest BCUT2D eigenvalue weighted by Crippen LogP contribution is -2.09. The quantitative estimate of drug-likeness (QED) is 0.705. The van der Waals surface area contributed by atoms with Crippen LogP contribution in [-0.2, 0) is 11.2 Å². The second-order valence-electron chi connectivity index (χ2n) is 5.25. The molecular formula is C19H18N4O. The summed E-state index contributed by atoms with van der Waals surface area (Å²) >= 11 is 0. The first-order chi connectivity index (χ1) is 11.8. The fourth-order valence-corrected chi connectivity index (χ4v) is 2.46. The summed E-state index contributed by atoms with van der Waals surface area (Å²) in [5.74, 6) is 0.355. The topological polar surface area (TPSA) is 70.7 Å². The number of amides is 1. The Labute approximate surface area is 140 Å². The number of carbonyl (C=O) groups excluding carboxylic acids is 1. The maximum atomic E-state index is 12.1. The minimum Gasteiger partial charge on any atom is -0.305 e. The zero-order valence-electron chi connectivity index (χ0n) is 13.4. The molecule has 2 aromatic heterocycles. The maximum absolute atomic E-state index is 12.1. The van der Waals surface area contributed by atoms with Crippen molar-refractivity contribution in [3.63, 3.8) is 0 Å². The standard InChI is InChI=1S/C19H18N4O/c1-2-16-18(15-10-12-20-13-11-15)22-23-19(16)21-17(24)9-8-14-6-4-3-5-7-14/h3-13H,2H2,1H3,(H2,21,22,23,24)/b9-8-. The van der Waals surface area contributed by atoms with E-state index >= 15 is 0 Å². The van der Waals surface area contributed by atoms with Gasteiger partial charge < -0.3 is 5.32 Å². The van der Waals surface area contributed by atoms with Crippen LogP contribution in [0.4, 0.5) is 5.82 Å². The van der Waals surface area contributed by atoms with Gasteiger partial charge in [-0.1, -0.05) is 37.3 Å². The van der Waals surface area contributed by atoms with Crippen LogP contribution in [0.1, 0.15) is 18.1 Å². The minimum atomic E-state index is -0.207. The normalized spacial score (nSPS) is 10.9. The van der Waals surface area contributed by atoms with Crippen LogP contribution in [0, 0.1) is 0 Å². The maximum Gasteiger partial charge on any atom is 0.249 e. The van der Waals surface area contributed by atoms with E-state index in [0.29, 0.717) is 5.82 Å². The number of nitrogens with zero attached hydrogens (tertiary/aromatic N) is 2. The van der Waals surface area contributed by atoms with E-state index in [2.05, 4.69) is 20.5 Å². The van der Waals surface area contributed by atoms with Gasteiger partial charge in [0, 0.05) is 29.6 Å².